The van der Waals surface area contributed by atoms with Crippen LogP contribution in [0.25, 0.3) is 0 Å². The summed E-state index contributed by atoms with van der Waals surface area (Å²) in [6.07, 6.45) is 1.15. The highest BCUT2D eigenvalue weighted by atomic mass is 14.5. The van der Waals surface area contributed by atoms with E-state index in [9.17, 15) is 0 Å². The van der Waals surface area contributed by atoms with Gasteiger partial charge < -0.3 is 11.1 Å². The van der Waals surface area contributed by atoms with Gasteiger partial charge in [0.1, 0.15) is 0 Å². The third-order valence-corrected chi connectivity index (χ3v) is 0.118. The molecule has 0 aliphatic carbocycles. The summed E-state index contributed by atoms with van der Waals surface area (Å²) in [5.74, 6) is 0. The molecule has 4 heavy (non-hydrogen) atoms. The van der Waals surface area contributed by atoms with Crippen LogP contribution >= 0.6 is 0 Å². The molecule has 0 heterocycles. The number of nitrogens with two attached hydrogens (primary N) is 1. The first-order chi connectivity index (χ1) is 1.91. The molecular formula is C2H6N2. The number of hydrogen-bond acceptors (Lipinski definition) is 2. The highest BCUT2D eigenvalue weighted by molar-refractivity contribution is 5.54. The molecule has 0 fully saturated rings. The lowest BCUT2D eigenvalue weighted by atomic mass is 10.8. The van der Waals surface area contributed by atoms with E-state index in [1.807, 2.05) is 0 Å². The van der Waals surface area contributed by atoms with Gasteiger partial charge >= 0.3 is 0 Å². The van der Waals surface area contributed by atoms with Crippen molar-refractivity contribution >= 4 is 6.21 Å². The van der Waals surface area contributed by atoms with Crippen LogP contribution in [-0.4, -0.2) is 12.8 Å². The number of nitrogens with one attached hydrogen (secondary N) is 1. The Hall–Kier alpha value is -0.370. The third-order valence-electron chi connectivity index (χ3n) is 0.118. The van der Waals surface area contributed by atoms with Crippen LogP contribution in [0.5, 0.6) is 0 Å². The van der Waals surface area contributed by atoms with Crippen molar-refractivity contribution in [2.75, 3.05) is 6.54 Å². The quantitative estimate of drug-likeness (QED) is 0.396. The highest BCUT2D eigenvalue weighted by Crippen LogP contribution is 1.21. The van der Waals surface area contributed by atoms with Crippen molar-refractivity contribution in [2.45, 2.75) is 0 Å². The van der Waals surface area contributed by atoms with E-state index in [0.29, 0.717) is 6.54 Å². The maximum atomic E-state index is 6.20. The fourth-order valence-electron chi connectivity index (χ4n) is 0. The van der Waals surface area contributed by atoms with E-state index in [1.54, 1.807) is 0 Å². The summed E-state index contributed by atoms with van der Waals surface area (Å²) in [7, 11) is 0. The summed E-state index contributed by atoms with van der Waals surface area (Å²) in [5.41, 5.74) is 4.78. The molecule has 2 heteroatoms. The molecule has 0 radical (unpaired) electrons. The molecular weight excluding hydrogens is 52.0 g/mol. The zero-order chi connectivity index (χ0) is 3.41. The molecule has 0 aliphatic heterocycles. The number of hydrogen-bond donors (Lipinski definition) is 2. The van der Waals surface area contributed by atoms with Crippen molar-refractivity contribution in [3.63, 3.8) is 0 Å². The molecule has 0 rings (SSSR count). The second-order valence-corrected chi connectivity index (χ2v) is 0.440. The molecule has 0 amide bonds. The fourth-order valence-corrected chi connectivity index (χ4v) is 0. The normalized spacial score (nSPS) is 6.25. The summed E-state index contributed by atoms with van der Waals surface area (Å²) in [6.45, 7) is 0.361. The van der Waals surface area contributed by atoms with Crippen LogP contribution in [0.4, 0.5) is 0 Å². The van der Waals surface area contributed by atoms with Gasteiger partial charge in [-0.2, -0.15) is 0 Å². The predicted molar refractivity (Wildman–Crippen MR) is 17.8 cm³/mol. The van der Waals surface area contributed by atoms with Gasteiger partial charge in [0.05, 0.1) is 0 Å². The topological polar surface area (TPSA) is 49.9 Å². The van der Waals surface area contributed by atoms with E-state index in [2.05, 4.69) is 0 Å². The van der Waals surface area contributed by atoms with Crippen molar-refractivity contribution in [1.29, 1.82) is 5.41 Å². The Balaban J connectivity index is 2.30. The Morgan fingerprint density at radius 2 is 2.25 bits per heavy atom. The summed E-state index contributed by atoms with van der Waals surface area (Å²) in [4.78, 5) is 0. The molecule has 0 unspecified atom stereocenters. The fraction of sp³-hybridized carbons (Fsp3) is 0.500. The SMILES string of the molecule is N=CCN. The smallest absolute Gasteiger partial charge is 0.0276 e. The lowest BCUT2D eigenvalue weighted by molar-refractivity contribution is 1.31. The summed E-state index contributed by atoms with van der Waals surface area (Å²) >= 11 is 0. The van der Waals surface area contributed by atoms with Gasteiger partial charge in [0.2, 0.25) is 0 Å². The molecule has 0 aromatic rings. The minimum Gasteiger partial charge on any atom is -0.326 e. The zero-order valence-electron chi connectivity index (χ0n) is 2.36. The van der Waals surface area contributed by atoms with E-state index < -0.39 is 0 Å². The molecule has 0 aromatic heterocycles. The molecule has 0 atom stereocenters. The molecule has 0 bridgehead atoms. The van der Waals surface area contributed by atoms with Crippen molar-refractivity contribution in [1.82, 2.24) is 0 Å². The molecule has 3 N–H and O–H groups in total. The van der Waals surface area contributed by atoms with Crippen LogP contribution in [0.1, 0.15) is 0 Å². The van der Waals surface area contributed by atoms with Gasteiger partial charge in [0.15, 0.2) is 0 Å². The van der Waals surface area contributed by atoms with E-state index in [0.717, 1.165) is 6.21 Å². The van der Waals surface area contributed by atoms with Crippen LogP contribution in [0.2, 0.25) is 0 Å². The first-order valence-corrected chi connectivity index (χ1v) is 1.11. The van der Waals surface area contributed by atoms with Crippen molar-refractivity contribution in [3.8, 4) is 0 Å². The Morgan fingerprint density at radius 1 is 2.00 bits per heavy atom. The lowest BCUT2D eigenvalue weighted by Crippen LogP contribution is -1.96. The second-order valence-electron chi connectivity index (χ2n) is 0.440. The van der Waals surface area contributed by atoms with Gasteiger partial charge in [0, 0.05) is 12.8 Å². The molecule has 0 spiro atoms. The van der Waals surface area contributed by atoms with Gasteiger partial charge in [-0.1, -0.05) is 0 Å². The summed E-state index contributed by atoms with van der Waals surface area (Å²) in [6, 6.07) is 0. The largest absolute Gasteiger partial charge is 0.326 e. The Labute approximate surface area is 25.1 Å². The van der Waals surface area contributed by atoms with Crippen LogP contribution in [-0.2, 0) is 0 Å². The van der Waals surface area contributed by atoms with Gasteiger partial charge in [-0.05, 0) is 0 Å². The van der Waals surface area contributed by atoms with E-state index >= 15 is 0 Å². The minimum atomic E-state index is 0.361. The maximum absolute atomic E-state index is 6.20. The van der Waals surface area contributed by atoms with Crippen molar-refractivity contribution < 1.29 is 0 Å². The first kappa shape index (κ1) is 3.63. The van der Waals surface area contributed by atoms with Crippen LogP contribution in [0.15, 0.2) is 0 Å². The van der Waals surface area contributed by atoms with Crippen LogP contribution in [0.3, 0.4) is 0 Å². The highest BCUT2D eigenvalue weighted by Gasteiger charge is 1.45. The summed E-state index contributed by atoms with van der Waals surface area (Å²) < 4.78 is 0. The predicted octanol–water partition coefficient (Wildman–Crippen LogP) is -0.405. The second kappa shape index (κ2) is 2.63. The van der Waals surface area contributed by atoms with Crippen molar-refractivity contribution in [2.24, 2.45) is 5.73 Å². The van der Waals surface area contributed by atoms with Crippen LogP contribution in [0, 0.1) is 5.41 Å². The third kappa shape index (κ3) is 1.63. The number of rotatable bonds is 1. The molecule has 0 aliphatic rings. The van der Waals surface area contributed by atoms with E-state index in [-0.39, 0.29) is 0 Å². The minimum absolute atomic E-state index is 0.361. The lowest BCUT2D eigenvalue weighted by Gasteiger charge is -1.59. The summed E-state index contributed by atoms with van der Waals surface area (Å²) in [5, 5.41) is 6.20. The van der Waals surface area contributed by atoms with E-state index in [1.165, 1.54) is 0 Å². The first-order valence-electron chi connectivity index (χ1n) is 1.11. The molecule has 24 valence electrons. The van der Waals surface area contributed by atoms with Gasteiger partial charge in [-0.3, -0.25) is 0 Å². The monoisotopic (exact) mass is 58.1 g/mol. The van der Waals surface area contributed by atoms with Gasteiger partial charge in [0.25, 0.3) is 0 Å². The van der Waals surface area contributed by atoms with Crippen LogP contribution < -0.4 is 5.73 Å². The average molecular weight is 58.1 g/mol. The standard InChI is InChI=1S/C2H6N2/c3-1-2-4/h1,3H,2,4H2. The zero-order valence-corrected chi connectivity index (χ0v) is 2.36. The van der Waals surface area contributed by atoms with Crippen molar-refractivity contribution in [3.05, 3.63) is 0 Å². The molecule has 0 saturated carbocycles. The molecule has 0 aromatic carbocycles. The Kier molecular flexibility index (Phi) is 2.39. The van der Waals surface area contributed by atoms with Gasteiger partial charge in [-0.15, -0.1) is 0 Å². The average Bonchev–Trinajstić information content (AvgIpc) is 1.37. The van der Waals surface area contributed by atoms with E-state index in [4.69, 9.17) is 11.1 Å². The molecule has 0 saturated heterocycles. The van der Waals surface area contributed by atoms with Gasteiger partial charge in [-0.25, -0.2) is 0 Å². The Bertz CT molecular complexity index is 18.0. The Morgan fingerprint density at radius 3 is 2.25 bits per heavy atom. The maximum Gasteiger partial charge on any atom is 0.0276 e. The molecule has 2 nitrogen and oxygen atoms in total.